The molecule has 0 saturated carbocycles. The molecule has 0 radical (unpaired) electrons. The number of hydrogen-bond acceptors (Lipinski definition) is 2. The Labute approximate surface area is 106 Å². The van der Waals surface area contributed by atoms with Crippen molar-refractivity contribution in [2.45, 2.75) is 46.6 Å². The quantitative estimate of drug-likeness (QED) is 0.790. The van der Waals surface area contributed by atoms with Gasteiger partial charge in [0.15, 0.2) is 0 Å². The maximum Gasteiger partial charge on any atom is 0.0628 e. The highest BCUT2D eigenvalue weighted by atomic mass is 15.3. The second kappa shape index (κ2) is 6.80. The smallest absolute Gasteiger partial charge is 0.0628 e. The summed E-state index contributed by atoms with van der Waals surface area (Å²) in [5.74, 6) is 1.36. The lowest BCUT2D eigenvalue weighted by Gasteiger charge is -2.19. The van der Waals surface area contributed by atoms with E-state index in [0.29, 0.717) is 17.9 Å². The van der Waals surface area contributed by atoms with Gasteiger partial charge >= 0.3 is 0 Å². The molecule has 0 fully saturated rings. The highest BCUT2D eigenvalue weighted by Crippen LogP contribution is 2.17. The molecule has 0 aliphatic carbocycles. The molecule has 1 heterocycles. The average molecular weight is 237 g/mol. The molecule has 0 bridgehead atoms. The maximum absolute atomic E-state index is 4.67. The lowest BCUT2D eigenvalue weighted by molar-refractivity contribution is 0.364. The van der Waals surface area contributed by atoms with Crippen molar-refractivity contribution < 1.29 is 0 Å². The summed E-state index contributed by atoms with van der Waals surface area (Å²) in [5, 5.41) is 7.95. The molecule has 17 heavy (non-hydrogen) atoms. The zero-order valence-corrected chi connectivity index (χ0v) is 11.9. The van der Waals surface area contributed by atoms with Gasteiger partial charge in [0.2, 0.25) is 0 Å². The lowest BCUT2D eigenvalue weighted by atomic mass is 9.91. The van der Waals surface area contributed by atoms with Crippen molar-refractivity contribution >= 4 is 0 Å². The standard InChI is InChI=1S/C14H27N3/c1-6-12(4)17-8-7-14(16-17)9-13(10-15-5)11(2)3/h7-8,11-13,15H,6,9-10H2,1-5H3. The van der Waals surface area contributed by atoms with Crippen LogP contribution in [0.2, 0.25) is 0 Å². The fourth-order valence-corrected chi connectivity index (χ4v) is 1.99. The summed E-state index contributed by atoms with van der Waals surface area (Å²) in [6.07, 6.45) is 4.31. The van der Waals surface area contributed by atoms with Crippen LogP contribution in [0.5, 0.6) is 0 Å². The number of aromatic nitrogens is 2. The third kappa shape index (κ3) is 4.15. The molecule has 2 unspecified atom stereocenters. The second-order valence-corrected chi connectivity index (χ2v) is 5.31. The Bertz CT molecular complexity index is 317. The minimum atomic E-state index is 0.505. The van der Waals surface area contributed by atoms with Crippen LogP contribution in [0.1, 0.15) is 45.9 Å². The van der Waals surface area contributed by atoms with Gasteiger partial charge in [-0.25, -0.2) is 0 Å². The normalized spacial score (nSPS) is 15.2. The summed E-state index contributed by atoms with van der Waals surface area (Å²) in [4.78, 5) is 0. The van der Waals surface area contributed by atoms with E-state index in [1.54, 1.807) is 0 Å². The van der Waals surface area contributed by atoms with Gasteiger partial charge < -0.3 is 5.32 Å². The van der Waals surface area contributed by atoms with E-state index in [2.05, 4.69) is 55.1 Å². The largest absolute Gasteiger partial charge is 0.319 e. The molecule has 1 rings (SSSR count). The average Bonchev–Trinajstić information content (AvgIpc) is 2.76. The van der Waals surface area contributed by atoms with Crippen molar-refractivity contribution in [3.63, 3.8) is 0 Å². The number of rotatable bonds is 7. The summed E-state index contributed by atoms with van der Waals surface area (Å²) in [7, 11) is 2.02. The Kier molecular flexibility index (Phi) is 5.69. The van der Waals surface area contributed by atoms with Crippen LogP contribution >= 0.6 is 0 Å². The number of nitrogens with zero attached hydrogens (tertiary/aromatic N) is 2. The first kappa shape index (κ1) is 14.2. The summed E-state index contributed by atoms with van der Waals surface area (Å²) in [5.41, 5.74) is 1.22. The highest BCUT2D eigenvalue weighted by molar-refractivity contribution is 5.01. The summed E-state index contributed by atoms with van der Waals surface area (Å²) in [6.45, 7) is 10.0. The first-order valence-corrected chi connectivity index (χ1v) is 6.77. The highest BCUT2D eigenvalue weighted by Gasteiger charge is 2.15. The molecule has 0 spiro atoms. The third-order valence-corrected chi connectivity index (χ3v) is 3.59. The van der Waals surface area contributed by atoms with Crippen LogP contribution < -0.4 is 5.32 Å². The fraction of sp³-hybridized carbons (Fsp3) is 0.786. The van der Waals surface area contributed by atoms with E-state index in [-0.39, 0.29) is 0 Å². The predicted octanol–water partition coefficient (Wildman–Crippen LogP) is 2.89. The van der Waals surface area contributed by atoms with Crippen LogP contribution in [0.3, 0.4) is 0 Å². The molecule has 0 aliphatic rings. The van der Waals surface area contributed by atoms with Gasteiger partial charge in [0.1, 0.15) is 0 Å². The van der Waals surface area contributed by atoms with Crippen molar-refractivity contribution in [1.82, 2.24) is 15.1 Å². The van der Waals surface area contributed by atoms with Gasteiger partial charge in [0, 0.05) is 12.2 Å². The van der Waals surface area contributed by atoms with E-state index < -0.39 is 0 Å². The van der Waals surface area contributed by atoms with Gasteiger partial charge in [-0.05, 0) is 51.3 Å². The predicted molar refractivity (Wildman–Crippen MR) is 73.2 cm³/mol. The van der Waals surface area contributed by atoms with E-state index >= 15 is 0 Å². The van der Waals surface area contributed by atoms with Crippen molar-refractivity contribution in [3.05, 3.63) is 18.0 Å². The van der Waals surface area contributed by atoms with E-state index in [4.69, 9.17) is 0 Å². The van der Waals surface area contributed by atoms with Gasteiger partial charge in [0.25, 0.3) is 0 Å². The van der Waals surface area contributed by atoms with Crippen molar-refractivity contribution in [1.29, 1.82) is 0 Å². The molecule has 0 saturated heterocycles. The summed E-state index contributed by atoms with van der Waals surface area (Å²) >= 11 is 0. The fourth-order valence-electron chi connectivity index (χ4n) is 1.99. The molecule has 0 aliphatic heterocycles. The number of nitrogens with one attached hydrogen (secondary N) is 1. The maximum atomic E-state index is 4.67. The van der Waals surface area contributed by atoms with Crippen molar-refractivity contribution in [3.8, 4) is 0 Å². The molecule has 0 amide bonds. The molecular formula is C14H27N3. The van der Waals surface area contributed by atoms with Crippen LogP contribution in [-0.4, -0.2) is 23.4 Å². The molecule has 98 valence electrons. The molecule has 2 atom stereocenters. The zero-order chi connectivity index (χ0) is 12.8. The molecule has 0 aromatic carbocycles. The van der Waals surface area contributed by atoms with Gasteiger partial charge in [-0.2, -0.15) is 5.10 Å². The van der Waals surface area contributed by atoms with Crippen LogP contribution in [0.15, 0.2) is 12.3 Å². The second-order valence-electron chi connectivity index (χ2n) is 5.31. The van der Waals surface area contributed by atoms with E-state index in [1.807, 2.05) is 7.05 Å². The topological polar surface area (TPSA) is 29.9 Å². The van der Waals surface area contributed by atoms with Crippen LogP contribution in [0, 0.1) is 11.8 Å². The van der Waals surface area contributed by atoms with Crippen LogP contribution in [-0.2, 0) is 6.42 Å². The van der Waals surface area contributed by atoms with Gasteiger partial charge in [-0.15, -0.1) is 0 Å². The first-order valence-electron chi connectivity index (χ1n) is 6.77. The van der Waals surface area contributed by atoms with Crippen LogP contribution in [0.25, 0.3) is 0 Å². The van der Waals surface area contributed by atoms with E-state index in [0.717, 1.165) is 19.4 Å². The molecular weight excluding hydrogens is 210 g/mol. The number of hydrogen-bond donors (Lipinski definition) is 1. The first-order chi connectivity index (χ1) is 8.08. The van der Waals surface area contributed by atoms with Crippen molar-refractivity contribution in [2.75, 3.05) is 13.6 Å². The monoisotopic (exact) mass is 237 g/mol. The minimum absolute atomic E-state index is 0.505. The Balaban J connectivity index is 2.63. The summed E-state index contributed by atoms with van der Waals surface area (Å²) < 4.78 is 2.09. The van der Waals surface area contributed by atoms with Crippen molar-refractivity contribution in [2.24, 2.45) is 11.8 Å². The Hall–Kier alpha value is -0.830. The van der Waals surface area contributed by atoms with Gasteiger partial charge in [-0.1, -0.05) is 20.8 Å². The zero-order valence-electron chi connectivity index (χ0n) is 11.9. The molecule has 3 heteroatoms. The van der Waals surface area contributed by atoms with Gasteiger partial charge in [0.05, 0.1) is 5.69 Å². The van der Waals surface area contributed by atoms with E-state index in [9.17, 15) is 0 Å². The molecule has 3 nitrogen and oxygen atoms in total. The SMILES string of the molecule is CCC(C)n1ccc(CC(CNC)C(C)C)n1. The van der Waals surface area contributed by atoms with Gasteiger partial charge in [-0.3, -0.25) is 4.68 Å². The third-order valence-electron chi connectivity index (χ3n) is 3.59. The van der Waals surface area contributed by atoms with E-state index in [1.165, 1.54) is 5.69 Å². The molecule has 1 aromatic rings. The lowest BCUT2D eigenvalue weighted by Crippen LogP contribution is -2.25. The molecule has 1 N–H and O–H groups in total. The summed E-state index contributed by atoms with van der Waals surface area (Å²) in [6, 6.07) is 2.67. The Morgan fingerprint density at radius 3 is 2.59 bits per heavy atom. The Morgan fingerprint density at radius 1 is 1.35 bits per heavy atom. The Morgan fingerprint density at radius 2 is 2.06 bits per heavy atom. The molecule has 1 aromatic heterocycles. The minimum Gasteiger partial charge on any atom is -0.319 e. The van der Waals surface area contributed by atoms with Crippen LogP contribution in [0.4, 0.5) is 0 Å².